The van der Waals surface area contributed by atoms with Gasteiger partial charge in [-0.3, -0.25) is 0 Å². The molecule has 1 aliphatic heterocycles. The summed E-state index contributed by atoms with van der Waals surface area (Å²) in [5, 5.41) is 9.54. The Hall–Kier alpha value is -0.690. The molecular formula is C12H12ClNOS. The van der Waals surface area contributed by atoms with Gasteiger partial charge >= 0.3 is 0 Å². The summed E-state index contributed by atoms with van der Waals surface area (Å²) in [5.41, 5.74) is 0.576. The standard InChI is InChI=1S/C12H12ClNOS/c13-11-4-1-5-12(10(11)7-14)16-8-9-3-2-6-15-9/h1,4-5,9H,2-3,6,8H2. The molecule has 2 nitrogen and oxygen atoms in total. The predicted octanol–water partition coefficient (Wildman–Crippen LogP) is 3.48. The largest absolute Gasteiger partial charge is 0.377 e. The van der Waals surface area contributed by atoms with Crippen molar-refractivity contribution in [3.63, 3.8) is 0 Å². The Morgan fingerprint density at radius 1 is 1.56 bits per heavy atom. The number of rotatable bonds is 3. The lowest BCUT2D eigenvalue weighted by Gasteiger charge is -2.09. The molecular weight excluding hydrogens is 242 g/mol. The first-order valence-corrected chi connectivity index (χ1v) is 6.60. The second-order valence-corrected chi connectivity index (χ2v) is 5.14. The van der Waals surface area contributed by atoms with Gasteiger partial charge in [-0.05, 0) is 25.0 Å². The van der Waals surface area contributed by atoms with Gasteiger partial charge in [-0.2, -0.15) is 5.26 Å². The highest BCUT2D eigenvalue weighted by atomic mass is 35.5. The lowest BCUT2D eigenvalue weighted by molar-refractivity contribution is 0.129. The first-order chi connectivity index (χ1) is 7.81. The first-order valence-electron chi connectivity index (χ1n) is 5.24. The molecule has 16 heavy (non-hydrogen) atoms. The summed E-state index contributed by atoms with van der Waals surface area (Å²) in [7, 11) is 0. The molecule has 1 atom stereocenters. The molecule has 0 saturated carbocycles. The number of ether oxygens (including phenoxy) is 1. The highest BCUT2D eigenvalue weighted by molar-refractivity contribution is 7.99. The lowest BCUT2D eigenvalue weighted by Crippen LogP contribution is -2.07. The van der Waals surface area contributed by atoms with Crippen molar-refractivity contribution in [3.8, 4) is 6.07 Å². The summed E-state index contributed by atoms with van der Waals surface area (Å²) < 4.78 is 5.54. The Morgan fingerprint density at radius 3 is 3.12 bits per heavy atom. The molecule has 1 aromatic carbocycles. The van der Waals surface area contributed by atoms with E-state index in [4.69, 9.17) is 21.6 Å². The SMILES string of the molecule is N#Cc1c(Cl)cccc1SCC1CCCO1. The minimum absolute atomic E-state index is 0.329. The van der Waals surface area contributed by atoms with Crippen molar-refractivity contribution < 1.29 is 4.74 Å². The van der Waals surface area contributed by atoms with Crippen LogP contribution in [0.15, 0.2) is 23.1 Å². The monoisotopic (exact) mass is 253 g/mol. The summed E-state index contributed by atoms with van der Waals surface area (Å²) >= 11 is 7.61. The van der Waals surface area contributed by atoms with Crippen molar-refractivity contribution >= 4 is 23.4 Å². The fourth-order valence-electron chi connectivity index (χ4n) is 1.69. The van der Waals surface area contributed by atoms with E-state index in [0.29, 0.717) is 16.7 Å². The Morgan fingerprint density at radius 2 is 2.44 bits per heavy atom. The van der Waals surface area contributed by atoms with Crippen LogP contribution in [-0.2, 0) is 4.74 Å². The van der Waals surface area contributed by atoms with E-state index in [1.165, 1.54) is 0 Å². The third-order valence-corrected chi connectivity index (χ3v) is 4.04. The highest BCUT2D eigenvalue weighted by Crippen LogP contribution is 2.30. The summed E-state index contributed by atoms with van der Waals surface area (Å²) in [6, 6.07) is 7.70. The molecule has 2 rings (SSSR count). The number of nitriles is 1. The maximum atomic E-state index is 9.01. The van der Waals surface area contributed by atoms with Crippen LogP contribution in [0, 0.1) is 11.3 Å². The topological polar surface area (TPSA) is 33.0 Å². The zero-order chi connectivity index (χ0) is 11.4. The minimum Gasteiger partial charge on any atom is -0.377 e. The van der Waals surface area contributed by atoms with Gasteiger partial charge in [-0.1, -0.05) is 17.7 Å². The van der Waals surface area contributed by atoms with Crippen molar-refractivity contribution in [1.29, 1.82) is 5.26 Å². The Balaban J connectivity index is 2.03. The van der Waals surface area contributed by atoms with Crippen LogP contribution < -0.4 is 0 Å². The lowest BCUT2D eigenvalue weighted by atomic mass is 10.2. The zero-order valence-corrected chi connectivity index (χ0v) is 10.4. The van der Waals surface area contributed by atoms with E-state index in [1.807, 2.05) is 12.1 Å². The number of benzene rings is 1. The third kappa shape index (κ3) is 2.70. The number of halogens is 1. The molecule has 0 spiro atoms. The maximum absolute atomic E-state index is 9.01. The van der Waals surface area contributed by atoms with E-state index in [-0.39, 0.29) is 0 Å². The van der Waals surface area contributed by atoms with Gasteiger partial charge in [0.2, 0.25) is 0 Å². The van der Waals surface area contributed by atoms with Gasteiger partial charge in [-0.15, -0.1) is 11.8 Å². The first kappa shape index (κ1) is 11.8. The van der Waals surface area contributed by atoms with Crippen LogP contribution in [0.3, 0.4) is 0 Å². The van der Waals surface area contributed by atoms with E-state index < -0.39 is 0 Å². The molecule has 84 valence electrons. The fraction of sp³-hybridized carbons (Fsp3) is 0.417. The van der Waals surface area contributed by atoms with Gasteiger partial charge in [0.15, 0.2) is 0 Å². The summed E-state index contributed by atoms with van der Waals surface area (Å²) in [6.45, 7) is 0.867. The molecule has 0 aliphatic carbocycles. The average molecular weight is 254 g/mol. The molecule has 0 amide bonds. The zero-order valence-electron chi connectivity index (χ0n) is 8.78. The molecule has 0 radical (unpaired) electrons. The van der Waals surface area contributed by atoms with Gasteiger partial charge in [0, 0.05) is 17.3 Å². The van der Waals surface area contributed by atoms with Gasteiger partial charge in [0.05, 0.1) is 16.7 Å². The van der Waals surface area contributed by atoms with Crippen LogP contribution in [0.25, 0.3) is 0 Å². The molecule has 4 heteroatoms. The second-order valence-electron chi connectivity index (χ2n) is 3.67. The van der Waals surface area contributed by atoms with Gasteiger partial charge in [-0.25, -0.2) is 0 Å². The Labute approximate surface area is 105 Å². The number of thioether (sulfide) groups is 1. The van der Waals surface area contributed by atoms with Crippen molar-refractivity contribution in [3.05, 3.63) is 28.8 Å². The van der Waals surface area contributed by atoms with Crippen LogP contribution in [-0.4, -0.2) is 18.5 Å². The van der Waals surface area contributed by atoms with Crippen LogP contribution in [0.4, 0.5) is 0 Å². The van der Waals surface area contributed by atoms with E-state index >= 15 is 0 Å². The van der Waals surface area contributed by atoms with Crippen molar-refractivity contribution in [2.45, 2.75) is 23.8 Å². The predicted molar refractivity (Wildman–Crippen MR) is 65.9 cm³/mol. The Bertz CT molecular complexity index is 410. The second kappa shape index (κ2) is 5.58. The molecule has 1 saturated heterocycles. The number of nitrogens with zero attached hydrogens (tertiary/aromatic N) is 1. The highest BCUT2D eigenvalue weighted by Gasteiger charge is 2.16. The van der Waals surface area contributed by atoms with Crippen LogP contribution in [0.2, 0.25) is 5.02 Å². The maximum Gasteiger partial charge on any atom is 0.102 e. The van der Waals surface area contributed by atoms with Gasteiger partial charge in [0.1, 0.15) is 6.07 Å². The molecule has 0 N–H and O–H groups in total. The molecule has 1 fully saturated rings. The van der Waals surface area contributed by atoms with E-state index in [0.717, 1.165) is 30.1 Å². The molecule has 1 heterocycles. The fourth-order valence-corrected chi connectivity index (χ4v) is 3.07. The van der Waals surface area contributed by atoms with Crippen molar-refractivity contribution in [1.82, 2.24) is 0 Å². The van der Waals surface area contributed by atoms with Gasteiger partial charge < -0.3 is 4.74 Å². The van der Waals surface area contributed by atoms with Crippen LogP contribution in [0.5, 0.6) is 0 Å². The molecule has 1 aromatic rings. The van der Waals surface area contributed by atoms with Gasteiger partial charge in [0.25, 0.3) is 0 Å². The van der Waals surface area contributed by atoms with E-state index in [9.17, 15) is 0 Å². The normalized spacial score (nSPS) is 19.6. The minimum atomic E-state index is 0.329. The summed E-state index contributed by atoms with van der Waals surface area (Å²) in [4.78, 5) is 0.950. The summed E-state index contributed by atoms with van der Waals surface area (Å²) in [5.74, 6) is 0.898. The van der Waals surface area contributed by atoms with E-state index in [1.54, 1.807) is 17.8 Å². The molecule has 0 aromatic heterocycles. The smallest absolute Gasteiger partial charge is 0.102 e. The molecule has 1 aliphatic rings. The van der Waals surface area contributed by atoms with E-state index in [2.05, 4.69) is 6.07 Å². The quantitative estimate of drug-likeness (QED) is 0.774. The number of hydrogen-bond acceptors (Lipinski definition) is 3. The van der Waals surface area contributed by atoms with Crippen molar-refractivity contribution in [2.24, 2.45) is 0 Å². The molecule has 0 bridgehead atoms. The molecule has 1 unspecified atom stereocenters. The Kier molecular flexibility index (Phi) is 4.11. The van der Waals surface area contributed by atoms with Crippen molar-refractivity contribution in [2.75, 3.05) is 12.4 Å². The third-order valence-electron chi connectivity index (χ3n) is 2.54. The average Bonchev–Trinajstić information content (AvgIpc) is 2.79. The summed E-state index contributed by atoms with van der Waals surface area (Å²) in [6.07, 6.45) is 2.59. The van der Waals surface area contributed by atoms with Crippen LogP contribution >= 0.6 is 23.4 Å². The number of hydrogen-bond donors (Lipinski definition) is 0. The van der Waals surface area contributed by atoms with Crippen LogP contribution in [0.1, 0.15) is 18.4 Å².